The molecule has 0 aliphatic heterocycles. The largest absolute Gasteiger partial charge is 0.446 e. The van der Waals surface area contributed by atoms with E-state index >= 15 is 0 Å². The zero-order valence-corrected chi connectivity index (χ0v) is 14.1. The van der Waals surface area contributed by atoms with Crippen LogP contribution in [0.2, 0.25) is 0 Å². The Balaban J connectivity index is 2.22. The highest BCUT2D eigenvalue weighted by Crippen LogP contribution is 2.34. The molecule has 7 nitrogen and oxygen atoms in total. The summed E-state index contributed by atoms with van der Waals surface area (Å²) >= 11 is 0. The lowest BCUT2D eigenvalue weighted by Crippen LogP contribution is -2.13. The molecule has 0 aliphatic rings. The smallest absolute Gasteiger partial charge is 0.359 e. The quantitative estimate of drug-likeness (QED) is 0.713. The minimum Gasteiger partial charge on any atom is -0.359 e. The Morgan fingerprint density at radius 3 is 2.29 bits per heavy atom. The van der Waals surface area contributed by atoms with E-state index in [1.54, 1.807) is 30.3 Å². The SMILES string of the molecule is CCC(C)c1cccc(-n2nc3ccccc3n2)c1OS(=O)(=O)O. The molecule has 3 rings (SSSR count). The fourth-order valence-corrected chi connectivity index (χ4v) is 2.86. The molecule has 0 aliphatic carbocycles. The van der Waals surface area contributed by atoms with Crippen molar-refractivity contribution in [1.82, 2.24) is 15.0 Å². The van der Waals surface area contributed by atoms with Crippen molar-refractivity contribution < 1.29 is 17.2 Å². The predicted octanol–water partition coefficient (Wildman–Crippen LogP) is 3.12. The van der Waals surface area contributed by atoms with Crippen molar-refractivity contribution in [2.24, 2.45) is 0 Å². The van der Waals surface area contributed by atoms with Crippen LogP contribution in [0.25, 0.3) is 16.7 Å². The molecule has 0 amide bonds. The van der Waals surface area contributed by atoms with Crippen LogP contribution in [0.4, 0.5) is 0 Å². The molecule has 1 aromatic heterocycles. The van der Waals surface area contributed by atoms with Crippen LogP contribution in [0.1, 0.15) is 31.7 Å². The number of nitrogens with zero attached hydrogens (tertiary/aromatic N) is 3. The van der Waals surface area contributed by atoms with E-state index in [1.807, 2.05) is 26.0 Å². The molecule has 0 fully saturated rings. The Morgan fingerprint density at radius 2 is 1.75 bits per heavy atom. The zero-order chi connectivity index (χ0) is 17.3. The van der Waals surface area contributed by atoms with Crippen LogP contribution in [0.3, 0.4) is 0 Å². The fraction of sp³-hybridized carbons (Fsp3) is 0.250. The van der Waals surface area contributed by atoms with Crippen LogP contribution in [0.5, 0.6) is 5.75 Å². The van der Waals surface area contributed by atoms with Crippen molar-refractivity contribution in [3.05, 3.63) is 48.0 Å². The van der Waals surface area contributed by atoms with E-state index in [0.717, 1.165) is 6.42 Å². The molecule has 8 heteroatoms. The van der Waals surface area contributed by atoms with Gasteiger partial charge in [-0.1, -0.05) is 38.1 Å². The van der Waals surface area contributed by atoms with Crippen molar-refractivity contribution in [1.29, 1.82) is 0 Å². The Morgan fingerprint density at radius 1 is 1.12 bits per heavy atom. The summed E-state index contributed by atoms with van der Waals surface area (Å²) in [5.74, 6) is 0.0707. The molecule has 24 heavy (non-hydrogen) atoms. The van der Waals surface area contributed by atoms with Gasteiger partial charge in [-0.3, -0.25) is 4.55 Å². The first-order valence-corrected chi connectivity index (χ1v) is 8.88. The summed E-state index contributed by atoms with van der Waals surface area (Å²) in [4.78, 5) is 1.32. The van der Waals surface area contributed by atoms with Crippen molar-refractivity contribution in [3.8, 4) is 11.4 Å². The highest BCUT2D eigenvalue weighted by atomic mass is 32.3. The van der Waals surface area contributed by atoms with Crippen molar-refractivity contribution in [2.75, 3.05) is 0 Å². The Bertz CT molecular complexity index is 949. The van der Waals surface area contributed by atoms with E-state index in [2.05, 4.69) is 10.2 Å². The molecular formula is C16H17N3O4S. The standard InChI is InChI=1S/C16H17N3O4S/c1-3-11(2)12-7-6-10-15(16(12)23-24(20,21)22)19-17-13-8-4-5-9-14(13)18-19/h4-11H,3H2,1-2H3,(H,20,21,22). The lowest BCUT2D eigenvalue weighted by atomic mass is 9.97. The van der Waals surface area contributed by atoms with Gasteiger partial charge in [-0.25, -0.2) is 0 Å². The summed E-state index contributed by atoms with van der Waals surface area (Å²) in [6.45, 7) is 3.93. The molecule has 1 heterocycles. The maximum absolute atomic E-state index is 11.3. The summed E-state index contributed by atoms with van der Waals surface area (Å²) in [6.07, 6.45) is 0.778. The summed E-state index contributed by atoms with van der Waals surface area (Å²) in [6, 6.07) is 12.5. The molecule has 0 bridgehead atoms. The monoisotopic (exact) mass is 347 g/mol. The van der Waals surface area contributed by atoms with Crippen LogP contribution >= 0.6 is 0 Å². The van der Waals surface area contributed by atoms with Crippen LogP contribution in [-0.2, 0) is 10.4 Å². The van der Waals surface area contributed by atoms with Crippen LogP contribution in [0.15, 0.2) is 42.5 Å². The normalized spacial score (nSPS) is 13.1. The van der Waals surface area contributed by atoms with E-state index in [4.69, 9.17) is 8.74 Å². The van der Waals surface area contributed by atoms with Crippen molar-refractivity contribution >= 4 is 21.4 Å². The number of rotatable bonds is 5. The minimum atomic E-state index is -4.67. The molecule has 2 aromatic carbocycles. The first-order valence-electron chi connectivity index (χ1n) is 7.51. The molecule has 1 atom stereocenters. The second kappa shape index (κ2) is 6.21. The number of fused-ring (bicyclic) bond motifs is 1. The number of hydrogen-bond donors (Lipinski definition) is 1. The lowest BCUT2D eigenvalue weighted by molar-refractivity contribution is 0.382. The van der Waals surface area contributed by atoms with Gasteiger partial charge in [0.25, 0.3) is 0 Å². The van der Waals surface area contributed by atoms with Crippen LogP contribution < -0.4 is 4.18 Å². The van der Waals surface area contributed by atoms with E-state index in [9.17, 15) is 8.42 Å². The number of aromatic nitrogens is 3. The average Bonchev–Trinajstić information content (AvgIpc) is 2.96. The average molecular weight is 347 g/mol. The van der Waals surface area contributed by atoms with E-state index in [-0.39, 0.29) is 11.7 Å². The molecule has 3 aromatic rings. The maximum Gasteiger partial charge on any atom is 0.446 e. The van der Waals surface area contributed by atoms with Gasteiger partial charge in [0.1, 0.15) is 16.7 Å². The van der Waals surface area contributed by atoms with Gasteiger partial charge in [0.15, 0.2) is 5.75 Å². The highest BCUT2D eigenvalue weighted by Gasteiger charge is 2.21. The summed E-state index contributed by atoms with van der Waals surface area (Å²) in [5.41, 5.74) is 2.35. The fourth-order valence-electron chi connectivity index (χ4n) is 2.47. The Labute approximate surface area is 139 Å². The topological polar surface area (TPSA) is 94.3 Å². The number of hydrogen-bond acceptors (Lipinski definition) is 5. The summed E-state index contributed by atoms with van der Waals surface area (Å²) < 4.78 is 36.6. The van der Waals surface area contributed by atoms with Crippen LogP contribution in [0, 0.1) is 0 Å². The molecule has 0 radical (unpaired) electrons. The minimum absolute atomic E-state index is 0.0340. The van der Waals surface area contributed by atoms with Gasteiger partial charge in [0, 0.05) is 5.56 Å². The highest BCUT2D eigenvalue weighted by molar-refractivity contribution is 7.81. The molecule has 1 N–H and O–H groups in total. The van der Waals surface area contributed by atoms with Gasteiger partial charge >= 0.3 is 10.4 Å². The summed E-state index contributed by atoms with van der Waals surface area (Å²) in [5, 5.41) is 8.70. The first-order chi connectivity index (χ1) is 11.4. The van der Waals surface area contributed by atoms with Gasteiger partial charge in [-0.05, 0) is 30.5 Å². The second-order valence-corrected chi connectivity index (χ2v) is 6.52. The zero-order valence-electron chi connectivity index (χ0n) is 13.2. The second-order valence-electron chi connectivity index (χ2n) is 5.49. The van der Waals surface area contributed by atoms with Gasteiger partial charge in [0.05, 0.1) is 0 Å². The first kappa shape index (κ1) is 16.4. The molecule has 0 saturated heterocycles. The Hall–Kier alpha value is -2.45. The van der Waals surface area contributed by atoms with Crippen LogP contribution in [-0.4, -0.2) is 28.0 Å². The molecular weight excluding hydrogens is 330 g/mol. The number of para-hydroxylation sites is 1. The lowest BCUT2D eigenvalue weighted by Gasteiger charge is -2.16. The van der Waals surface area contributed by atoms with E-state index in [1.165, 1.54) is 4.80 Å². The predicted molar refractivity (Wildman–Crippen MR) is 89.7 cm³/mol. The molecule has 0 spiro atoms. The number of benzene rings is 2. The van der Waals surface area contributed by atoms with Gasteiger partial charge in [-0.2, -0.15) is 8.42 Å². The molecule has 126 valence electrons. The van der Waals surface area contributed by atoms with Crippen molar-refractivity contribution in [2.45, 2.75) is 26.2 Å². The third-order valence-electron chi connectivity index (χ3n) is 3.86. The third kappa shape index (κ3) is 3.24. The maximum atomic E-state index is 11.3. The van der Waals surface area contributed by atoms with Gasteiger partial charge in [-0.15, -0.1) is 15.0 Å². The summed E-state index contributed by atoms with van der Waals surface area (Å²) in [7, 11) is -4.67. The molecule has 0 saturated carbocycles. The van der Waals surface area contributed by atoms with E-state index < -0.39 is 10.4 Å². The van der Waals surface area contributed by atoms with Crippen molar-refractivity contribution in [3.63, 3.8) is 0 Å². The molecule has 1 unspecified atom stereocenters. The Kier molecular flexibility index (Phi) is 4.25. The van der Waals surface area contributed by atoms with E-state index in [0.29, 0.717) is 22.3 Å². The van der Waals surface area contributed by atoms with Gasteiger partial charge < -0.3 is 4.18 Å². The van der Waals surface area contributed by atoms with Gasteiger partial charge in [0.2, 0.25) is 0 Å². The third-order valence-corrected chi connectivity index (χ3v) is 4.24.